The van der Waals surface area contributed by atoms with Crippen LogP contribution in [-0.4, -0.2) is 28.6 Å². The molecule has 0 radical (unpaired) electrons. The minimum atomic E-state index is -1.31. The van der Waals surface area contributed by atoms with Crippen LogP contribution in [0.2, 0.25) is 0 Å². The van der Waals surface area contributed by atoms with E-state index in [9.17, 15) is 9.59 Å². The summed E-state index contributed by atoms with van der Waals surface area (Å²) in [7, 11) is 0. The lowest BCUT2D eigenvalue weighted by molar-refractivity contribution is -0.145. The van der Waals surface area contributed by atoms with Crippen LogP contribution in [0.1, 0.15) is 26.7 Å². The number of carbonyl (C=O) groups excluding carboxylic acids is 2. The Hall–Kier alpha value is -0.840. The fraction of sp³-hybridized carbons (Fsp3) is 0.700. The lowest BCUT2D eigenvalue weighted by atomic mass is 10.1. The van der Waals surface area contributed by atoms with Gasteiger partial charge in [0.2, 0.25) is 3.42 Å². The molecule has 0 aromatic heterocycles. The highest BCUT2D eigenvalue weighted by molar-refractivity contribution is 14.1. The van der Waals surface area contributed by atoms with Crippen molar-refractivity contribution in [2.24, 2.45) is 0 Å². The Morgan fingerprint density at radius 1 is 1.31 bits per heavy atom. The molecule has 0 heterocycles. The van der Waals surface area contributed by atoms with E-state index in [4.69, 9.17) is 14.7 Å². The highest BCUT2D eigenvalue weighted by Crippen LogP contribution is 2.26. The molecule has 1 unspecified atom stereocenters. The van der Waals surface area contributed by atoms with Gasteiger partial charge in [-0.15, -0.1) is 0 Å². The molecule has 0 aliphatic carbocycles. The minimum Gasteiger partial charge on any atom is -0.466 e. The van der Waals surface area contributed by atoms with Gasteiger partial charge in [-0.2, -0.15) is 5.26 Å². The lowest BCUT2D eigenvalue weighted by Gasteiger charge is -2.16. The second-order valence-electron chi connectivity index (χ2n) is 2.94. The van der Waals surface area contributed by atoms with E-state index < -0.39 is 15.4 Å². The average Bonchev–Trinajstić information content (AvgIpc) is 2.26. The molecule has 6 heteroatoms. The molecule has 0 bridgehead atoms. The van der Waals surface area contributed by atoms with Crippen molar-refractivity contribution in [3.8, 4) is 6.07 Å². The number of nitriles is 1. The van der Waals surface area contributed by atoms with Crippen LogP contribution < -0.4 is 0 Å². The van der Waals surface area contributed by atoms with Crippen LogP contribution >= 0.6 is 22.6 Å². The molecule has 0 spiro atoms. The Balaban J connectivity index is 4.33. The van der Waals surface area contributed by atoms with E-state index in [-0.39, 0.29) is 19.4 Å². The van der Waals surface area contributed by atoms with Crippen molar-refractivity contribution in [2.45, 2.75) is 30.1 Å². The molecular weight excluding hydrogens is 325 g/mol. The van der Waals surface area contributed by atoms with Crippen molar-refractivity contribution in [3.05, 3.63) is 0 Å². The third-order valence-corrected chi connectivity index (χ3v) is 2.98. The molecule has 16 heavy (non-hydrogen) atoms. The monoisotopic (exact) mass is 339 g/mol. The second kappa shape index (κ2) is 7.44. The van der Waals surface area contributed by atoms with Crippen LogP contribution in [-0.2, 0) is 19.1 Å². The number of esters is 2. The summed E-state index contributed by atoms with van der Waals surface area (Å²) in [4.78, 5) is 22.6. The zero-order valence-corrected chi connectivity index (χ0v) is 11.4. The van der Waals surface area contributed by atoms with E-state index >= 15 is 0 Å². The molecule has 0 amide bonds. The van der Waals surface area contributed by atoms with E-state index in [1.165, 1.54) is 0 Å². The standard InChI is InChI=1S/C10H14INO4/c1-3-15-8(13)5-6-10(11,7-12)9(14)16-4-2/h3-6H2,1-2H3. The maximum Gasteiger partial charge on any atom is 0.336 e. The number of carbonyl (C=O) groups is 2. The largest absolute Gasteiger partial charge is 0.466 e. The molecule has 0 saturated carbocycles. The van der Waals surface area contributed by atoms with Gasteiger partial charge >= 0.3 is 11.9 Å². The van der Waals surface area contributed by atoms with Gasteiger partial charge in [-0.3, -0.25) is 4.79 Å². The zero-order chi connectivity index (χ0) is 12.6. The quantitative estimate of drug-likeness (QED) is 0.417. The fourth-order valence-corrected chi connectivity index (χ4v) is 1.38. The Bertz CT molecular complexity index is 300. The number of ether oxygens (including phenoxy) is 2. The summed E-state index contributed by atoms with van der Waals surface area (Å²) in [5.74, 6) is -1.02. The van der Waals surface area contributed by atoms with Gasteiger partial charge in [-0.25, -0.2) is 4.79 Å². The summed E-state index contributed by atoms with van der Waals surface area (Å²) in [5, 5.41) is 8.91. The Morgan fingerprint density at radius 3 is 2.31 bits per heavy atom. The number of hydrogen-bond donors (Lipinski definition) is 0. The second-order valence-corrected chi connectivity index (χ2v) is 4.78. The summed E-state index contributed by atoms with van der Waals surface area (Å²) < 4.78 is 8.18. The summed E-state index contributed by atoms with van der Waals surface area (Å²) >= 11 is 1.71. The molecule has 0 fully saturated rings. The highest BCUT2D eigenvalue weighted by Gasteiger charge is 2.37. The van der Waals surface area contributed by atoms with Gasteiger partial charge in [0.05, 0.1) is 19.3 Å². The fourth-order valence-electron chi connectivity index (χ4n) is 0.957. The van der Waals surface area contributed by atoms with Gasteiger partial charge in [-0.1, -0.05) is 0 Å². The molecule has 90 valence electrons. The molecule has 1 atom stereocenters. The van der Waals surface area contributed by atoms with Crippen LogP contribution in [0.4, 0.5) is 0 Å². The van der Waals surface area contributed by atoms with Crippen molar-refractivity contribution in [1.29, 1.82) is 5.26 Å². The topological polar surface area (TPSA) is 76.4 Å². The Morgan fingerprint density at radius 2 is 1.88 bits per heavy atom. The summed E-state index contributed by atoms with van der Waals surface area (Å²) in [5.41, 5.74) is 0. The summed E-state index contributed by atoms with van der Waals surface area (Å²) in [6.45, 7) is 3.87. The molecular formula is C10H14INO4. The van der Waals surface area contributed by atoms with Gasteiger partial charge in [0.1, 0.15) is 0 Å². The Kier molecular flexibility index (Phi) is 7.05. The van der Waals surface area contributed by atoms with E-state index in [0.29, 0.717) is 6.61 Å². The number of nitrogens with zero attached hydrogens (tertiary/aromatic N) is 1. The van der Waals surface area contributed by atoms with Gasteiger partial charge < -0.3 is 9.47 Å². The number of hydrogen-bond acceptors (Lipinski definition) is 5. The van der Waals surface area contributed by atoms with Crippen molar-refractivity contribution < 1.29 is 19.1 Å². The van der Waals surface area contributed by atoms with Crippen LogP contribution in [0.5, 0.6) is 0 Å². The molecule has 0 aromatic carbocycles. The van der Waals surface area contributed by atoms with Crippen molar-refractivity contribution in [2.75, 3.05) is 13.2 Å². The van der Waals surface area contributed by atoms with Gasteiger partial charge in [0.15, 0.2) is 0 Å². The smallest absolute Gasteiger partial charge is 0.336 e. The molecule has 0 aliphatic heterocycles. The molecule has 5 nitrogen and oxygen atoms in total. The normalized spacial score (nSPS) is 13.4. The van der Waals surface area contributed by atoms with E-state index in [1.807, 2.05) is 6.07 Å². The lowest BCUT2D eigenvalue weighted by Crippen LogP contribution is -2.33. The van der Waals surface area contributed by atoms with Gasteiger partial charge in [-0.05, 0) is 42.9 Å². The zero-order valence-electron chi connectivity index (χ0n) is 9.29. The average molecular weight is 339 g/mol. The molecule has 0 saturated heterocycles. The van der Waals surface area contributed by atoms with Crippen LogP contribution in [0, 0.1) is 11.3 Å². The highest BCUT2D eigenvalue weighted by atomic mass is 127. The number of alkyl halides is 1. The predicted molar refractivity (Wildman–Crippen MR) is 64.9 cm³/mol. The molecule has 0 aromatic rings. The first-order chi connectivity index (χ1) is 7.50. The van der Waals surface area contributed by atoms with Crippen LogP contribution in [0.15, 0.2) is 0 Å². The third kappa shape index (κ3) is 4.79. The Labute approximate surface area is 108 Å². The predicted octanol–water partition coefficient (Wildman–Crippen LogP) is 1.59. The number of rotatable bonds is 6. The number of halogens is 1. The first-order valence-electron chi connectivity index (χ1n) is 4.93. The maximum absolute atomic E-state index is 11.5. The van der Waals surface area contributed by atoms with Crippen molar-refractivity contribution >= 4 is 34.5 Å². The van der Waals surface area contributed by atoms with Crippen LogP contribution in [0.3, 0.4) is 0 Å². The maximum atomic E-state index is 11.5. The molecule has 0 N–H and O–H groups in total. The first kappa shape index (κ1) is 15.2. The summed E-state index contributed by atoms with van der Waals surface area (Å²) in [6, 6.07) is 1.86. The summed E-state index contributed by atoms with van der Waals surface area (Å²) in [6.07, 6.45) is 0.130. The molecule has 0 aliphatic rings. The van der Waals surface area contributed by atoms with Gasteiger partial charge in [0, 0.05) is 6.42 Å². The van der Waals surface area contributed by atoms with E-state index in [0.717, 1.165) is 0 Å². The SMILES string of the molecule is CCOC(=O)CCC(I)(C#N)C(=O)OCC. The third-order valence-electron chi connectivity index (χ3n) is 1.76. The van der Waals surface area contributed by atoms with E-state index in [2.05, 4.69) is 0 Å². The minimum absolute atomic E-state index is 0.0309. The van der Waals surface area contributed by atoms with Gasteiger partial charge in [0.25, 0.3) is 0 Å². The van der Waals surface area contributed by atoms with Crippen LogP contribution in [0.25, 0.3) is 0 Å². The van der Waals surface area contributed by atoms with Crippen molar-refractivity contribution in [1.82, 2.24) is 0 Å². The van der Waals surface area contributed by atoms with E-state index in [1.54, 1.807) is 36.4 Å². The van der Waals surface area contributed by atoms with Crippen molar-refractivity contribution in [3.63, 3.8) is 0 Å². The first-order valence-corrected chi connectivity index (χ1v) is 6.01. The molecule has 0 rings (SSSR count).